The zero-order valence-electron chi connectivity index (χ0n) is 19.3. The van der Waals surface area contributed by atoms with Gasteiger partial charge >= 0.3 is 0 Å². The summed E-state index contributed by atoms with van der Waals surface area (Å²) in [5.41, 5.74) is 2.17. The van der Waals surface area contributed by atoms with E-state index in [9.17, 15) is 5.11 Å². The molecule has 0 bridgehead atoms. The SMILES string of the molecule is CO[C@H]1C(Nc2ncc(-c3ccc(-c4cnn(C)n4)cc3O)nn2)CC(C)(C)NC1(C)C. The summed E-state index contributed by atoms with van der Waals surface area (Å²) in [5.74, 6) is 0.497. The predicted octanol–water partition coefficient (Wildman–Crippen LogP) is 2.39. The molecule has 1 saturated heterocycles. The van der Waals surface area contributed by atoms with E-state index in [-0.39, 0.29) is 29.0 Å². The number of phenols is 1. The molecule has 0 radical (unpaired) electrons. The van der Waals surface area contributed by atoms with Crippen molar-refractivity contribution in [3.8, 4) is 28.3 Å². The Bertz CT molecular complexity index is 1090. The van der Waals surface area contributed by atoms with Gasteiger partial charge in [0, 0.05) is 36.4 Å². The zero-order chi connectivity index (χ0) is 23.1. The highest BCUT2D eigenvalue weighted by atomic mass is 16.5. The van der Waals surface area contributed by atoms with Crippen molar-refractivity contribution in [2.24, 2.45) is 7.05 Å². The molecule has 1 unspecified atom stereocenters. The summed E-state index contributed by atoms with van der Waals surface area (Å²) in [6.45, 7) is 8.61. The van der Waals surface area contributed by atoms with Crippen LogP contribution in [0.3, 0.4) is 0 Å². The van der Waals surface area contributed by atoms with Gasteiger partial charge in [-0.05, 0) is 46.2 Å². The van der Waals surface area contributed by atoms with Crippen molar-refractivity contribution in [1.29, 1.82) is 0 Å². The Morgan fingerprint density at radius 3 is 2.53 bits per heavy atom. The molecule has 1 aromatic carbocycles. The van der Waals surface area contributed by atoms with Crippen molar-refractivity contribution in [2.45, 2.75) is 57.3 Å². The third-order valence-corrected chi connectivity index (χ3v) is 5.77. The molecule has 1 aliphatic heterocycles. The summed E-state index contributed by atoms with van der Waals surface area (Å²) in [6, 6.07) is 5.28. The molecular weight excluding hydrogens is 408 g/mol. The summed E-state index contributed by atoms with van der Waals surface area (Å²) in [7, 11) is 3.46. The van der Waals surface area contributed by atoms with Gasteiger partial charge in [0.1, 0.15) is 17.1 Å². The van der Waals surface area contributed by atoms with Crippen LogP contribution < -0.4 is 10.6 Å². The maximum absolute atomic E-state index is 10.5. The van der Waals surface area contributed by atoms with Crippen molar-refractivity contribution in [3.05, 3.63) is 30.6 Å². The van der Waals surface area contributed by atoms with Crippen molar-refractivity contribution in [3.63, 3.8) is 0 Å². The minimum absolute atomic E-state index is 0.0126. The molecule has 32 heavy (non-hydrogen) atoms. The first kappa shape index (κ1) is 22.1. The first-order valence-corrected chi connectivity index (χ1v) is 10.6. The lowest BCUT2D eigenvalue weighted by atomic mass is 9.77. The molecule has 3 heterocycles. The van der Waals surface area contributed by atoms with Gasteiger partial charge in [0.05, 0.1) is 24.5 Å². The number of piperidine rings is 1. The lowest BCUT2D eigenvalue weighted by Gasteiger charge is -2.51. The van der Waals surface area contributed by atoms with E-state index in [0.29, 0.717) is 22.9 Å². The smallest absolute Gasteiger partial charge is 0.243 e. The maximum atomic E-state index is 10.5. The molecule has 3 aromatic rings. The number of methoxy groups -OCH3 is 1. The largest absolute Gasteiger partial charge is 0.507 e. The maximum Gasteiger partial charge on any atom is 0.243 e. The van der Waals surface area contributed by atoms with Gasteiger partial charge < -0.3 is 20.5 Å². The van der Waals surface area contributed by atoms with Gasteiger partial charge in [-0.1, -0.05) is 6.07 Å². The number of nitrogens with one attached hydrogen (secondary N) is 2. The van der Waals surface area contributed by atoms with Crippen LogP contribution in [0.4, 0.5) is 5.95 Å². The number of anilines is 1. The third-order valence-electron chi connectivity index (χ3n) is 5.77. The number of ether oxygens (including phenoxy) is 1. The van der Waals surface area contributed by atoms with Crippen LogP contribution >= 0.6 is 0 Å². The van der Waals surface area contributed by atoms with Crippen LogP contribution in [-0.4, -0.2) is 65.6 Å². The highest BCUT2D eigenvalue weighted by Gasteiger charge is 2.46. The second-order valence-corrected chi connectivity index (χ2v) is 9.46. The van der Waals surface area contributed by atoms with Gasteiger partial charge in [-0.2, -0.15) is 15.0 Å². The number of hydrogen-bond donors (Lipinski definition) is 3. The molecule has 4 rings (SSSR count). The minimum atomic E-state index is -0.224. The average Bonchev–Trinajstić information content (AvgIpc) is 3.13. The standard InChI is InChI=1S/C22H30N8O2/c1-21(2)10-15(19(32-6)22(3,4)29-21)25-20-23-11-17(26-27-20)14-8-7-13(9-18(14)31)16-12-24-30(5)28-16/h7-9,11-12,15,19,29,31H,10H2,1-6H3,(H,23,25,27)/t15?,19-/m0/s1. The van der Waals surface area contributed by atoms with Crippen molar-refractivity contribution in [1.82, 2.24) is 35.5 Å². The van der Waals surface area contributed by atoms with E-state index in [4.69, 9.17) is 4.74 Å². The van der Waals surface area contributed by atoms with E-state index >= 15 is 0 Å². The number of benzene rings is 1. The molecule has 2 atom stereocenters. The highest BCUT2D eigenvalue weighted by molar-refractivity contribution is 5.72. The molecule has 2 aromatic heterocycles. The van der Waals surface area contributed by atoms with Crippen LogP contribution in [0.5, 0.6) is 5.75 Å². The van der Waals surface area contributed by atoms with Crippen molar-refractivity contribution in [2.75, 3.05) is 12.4 Å². The quantitative estimate of drug-likeness (QED) is 0.551. The number of hydrogen-bond acceptors (Lipinski definition) is 9. The fraction of sp³-hybridized carbons (Fsp3) is 0.500. The second kappa shape index (κ2) is 8.10. The number of aromatic nitrogens is 6. The Hall–Kier alpha value is -3.11. The highest BCUT2D eigenvalue weighted by Crippen LogP contribution is 2.33. The number of aryl methyl sites for hydroxylation is 1. The Morgan fingerprint density at radius 1 is 1.16 bits per heavy atom. The van der Waals surface area contributed by atoms with Gasteiger partial charge in [-0.3, -0.25) is 0 Å². The van der Waals surface area contributed by atoms with E-state index in [0.717, 1.165) is 12.0 Å². The number of rotatable bonds is 5. The van der Waals surface area contributed by atoms with Crippen LogP contribution in [0.25, 0.3) is 22.5 Å². The lowest BCUT2D eigenvalue weighted by molar-refractivity contribution is -0.0273. The number of aromatic hydroxyl groups is 1. The van der Waals surface area contributed by atoms with Gasteiger partial charge in [-0.15, -0.1) is 10.2 Å². The first-order chi connectivity index (χ1) is 15.1. The van der Waals surface area contributed by atoms with Gasteiger partial charge in [-0.25, -0.2) is 4.98 Å². The van der Waals surface area contributed by atoms with E-state index in [1.807, 2.05) is 6.07 Å². The summed E-state index contributed by atoms with van der Waals surface area (Å²) < 4.78 is 5.80. The Labute approximate surface area is 187 Å². The Kier molecular flexibility index (Phi) is 5.59. The van der Waals surface area contributed by atoms with Crippen LogP contribution in [0.15, 0.2) is 30.6 Å². The number of phenolic OH excluding ortho intramolecular Hbond substituents is 1. The summed E-state index contributed by atoms with van der Waals surface area (Å²) in [5, 5.41) is 34.4. The van der Waals surface area contributed by atoms with E-state index < -0.39 is 0 Å². The van der Waals surface area contributed by atoms with E-state index in [1.165, 1.54) is 4.80 Å². The van der Waals surface area contributed by atoms with Crippen LogP contribution in [-0.2, 0) is 11.8 Å². The Balaban J connectivity index is 1.53. The van der Waals surface area contributed by atoms with Gasteiger partial charge in [0.25, 0.3) is 0 Å². The molecular formula is C22H30N8O2. The topological polar surface area (TPSA) is 123 Å². The lowest BCUT2D eigenvalue weighted by Crippen LogP contribution is -2.69. The molecule has 1 fully saturated rings. The molecule has 10 nitrogen and oxygen atoms in total. The van der Waals surface area contributed by atoms with Gasteiger partial charge in [0.15, 0.2) is 0 Å². The zero-order valence-corrected chi connectivity index (χ0v) is 19.3. The Morgan fingerprint density at radius 2 is 1.94 bits per heavy atom. The molecule has 0 saturated carbocycles. The molecule has 0 spiro atoms. The number of nitrogens with zero attached hydrogens (tertiary/aromatic N) is 6. The summed E-state index contributed by atoms with van der Waals surface area (Å²) in [6.07, 6.45) is 4.01. The van der Waals surface area contributed by atoms with Crippen LogP contribution in [0.1, 0.15) is 34.1 Å². The normalized spacial score (nSPS) is 21.9. The molecule has 0 aliphatic carbocycles. The molecule has 0 amide bonds. The molecule has 3 N–H and O–H groups in total. The molecule has 1 aliphatic rings. The fourth-order valence-corrected chi connectivity index (χ4v) is 4.76. The second-order valence-electron chi connectivity index (χ2n) is 9.46. The fourth-order valence-electron chi connectivity index (χ4n) is 4.76. The first-order valence-electron chi connectivity index (χ1n) is 10.6. The predicted molar refractivity (Wildman–Crippen MR) is 121 cm³/mol. The summed E-state index contributed by atoms with van der Waals surface area (Å²) >= 11 is 0. The third kappa shape index (κ3) is 4.42. The molecule has 10 heteroatoms. The molecule has 170 valence electrons. The summed E-state index contributed by atoms with van der Waals surface area (Å²) in [4.78, 5) is 5.91. The van der Waals surface area contributed by atoms with Crippen molar-refractivity contribution >= 4 is 5.95 Å². The van der Waals surface area contributed by atoms with E-state index in [2.05, 4.69) is 63.7 Å². The minimum Gasteiger partial charge on any atom is -0.507 e. The van der Waals surface area contributed by atoms with Crippen molar-refractivity contribution < 1.29 is 9.84 Å². The van der Waals surface area contributed by atoms with E-state index in [1.54, 1.807) is 38.7 Å². The van der Waals surface area contributed by atoms with Gasteiger partial charge in [0.2, 0.25) is 5.95 Å². The van der Waals surface area contributed by atoms with Crippen LogP contribution in [0.2, 0.25) is 0 Å². The average molecular weight is 439 g/mol. The monoisotopic (exact) mass is 438 g/mol. The van der Waals surface area contributed by atoms with Crippen LogP contribution in [0, 0.1) is 0 Å².